The number of nitrogens with two attached hydrogens (primary N) is 1. The molecule has 18 heavy (non-hydrogen) atoms. The Morgan fingerprint density at radius 1 is 1.44 bits per heavy atom. The second-order valence-corrected chi connectivity index (χ2v) is 5.07. The first-order valence-electron chi connectivity index (χ1n) is 6.19. The molecule has 2 atom stereocenters. The number of nitro groups is 1. The zero-order valence-corrected chi connectivity index (χ0v) is 10.2. The summed E-state index contributed by atoms with van der Waals surface area (Å²) in [5.41, 5.74) is 6.65. The topological polar surface area (TPSA) is 89.4 Å². The Morgan fingerprint density at radius 3 is 2.56 bits per heavy atom. The number of non-ortho nitro benzene ring substituents is 1. The zero-order valence-electron chi connectivity index (χ0n) is 10.2. The van der Waals surface area contributed by atoms with Crippen LogP contribution in [-0.2, 0) is 6.42 Å². The number of aliphatic hydroxyl groups excluding tert-OH is 1. The van der Waals surface area contributed by atoms with Crippen molar-refractivity contribution in [2.45, 2.75) is 31.8 Å². The summed E-state index contributed by atoms with van der Waals surface area (Å²) in [5, 5.41) is 20.6. The van der Waals surface area contributed by atoms with Crippen LogP contribution in [-0.4, -0.2) is 22.7 Å². The number of nitrogens with zero attached hydrogens (tertiary/aromatic N) is 1. The second kappa shape index (κ2) is 5.04. The van der Waals surface area contributed by atoms with Crippen molar-refractivity contribution in [3.8, 4) is 0 Å². The largest absolute Gasteiger partial charge is 0.392 e. The first-order valence-corrected chi connectivity index (χ1v) is 6.19. The molecule has 1 fully saturated rings. The molecule has 0 heterocycles. The highest BCUT2D eigenvalue weighted by atomic mass is 16.6. The Kier molecular flexibility index (Phi) is 3.63. The molecule has 1 aliphatic carbocycles. The van der Waals surface area contributed by atoms with Crippen molar-refractivity contribution >= 4 is 5.69 Å². The van der Waals surface area contributed by atoms with Gasteiger partial charge < -0.3 is 10.8 Å². The van der Waals surface area contributed by atoms with Crippen LogP contribution in [0.2, 0.25) is 0 Å². The number of rotatable bonds is 4. The van der Waals surface area contributed by atoms with Crippen molar-refractivity contribution in [1.29, 1.82) is 0 Å². The van der Waals surface area contributed by atoms with Gasteiger partial charge in [0.1, 0.15) is 0 Å². The molecule has 5 heteroatoms. The standard InChI is InChI=1S/C13H18N2O3/c14-9-13(7-1-2-12(13)16)8-10-3-5-11(6-4-10)15(17)18/h3-6,12,16H,1-2,7-9,14H2. The lowest BCUT2D eigenvalue weighted by Gasteiger charge is -2.31. The molecule has 0 saturated heterocycles. The van der Waals surface area contributed by atoms with Gasteiger partial charge in [0.25, 0.3) is 5.69 Å². The van der Waals surface area contributed by atoms with Gasteiger partial charge in [-0.25, -0.2) is 0 Å². The lowest BCUT2D eigenvalue weighted by atomic mass is 9.78. The molecule has 2 unspecified atom stereocenters. The summed E-state index contributed by atoms with van der Waals surface area (Å²) in [6, 6.07) is 6.50. The van der Waals surface area contributed by atoms with Gasteiger partial charge in [-0.1, -0.05) is 18.6 Å². The van der Waals surface area contributed by atoms with E-state index in [1.54, 1.807) is 12.1 Å². The lowest BCUT2D eigenvalue weighted by Crippen LogP contribution is -2.39. The Labute approximate surface area is 106 Å². The maximum Gasteiger partial charge on any atom is 0.269 e. The monoisotopic (exact) mass is 250 g/mol. The molecule has 0 aliphatic heterocycles. The molecule has 5 nitrogen and oxygen atoms in total. The van der Waals surface area contributed by atoms with Crippen molar-refractivity contribution in [2.24, 2.45) is 11.1 Å². The van der Waals surface area contributed by atoms with E-state index in [0.717, 1.165) is 24.8 Å². The van der Waals surface area contributed by atoms with E-state index in [0.29, 0.717) is 13.0 Å². The number of aliphatic hydroxyl groups is 1. The predicted molar refractivity (Wildman–Crippen MR) is 68.1 cm³/mol. The molecule has 0 amide bonds. The van der Waals surface area contributed by atoms with E-state index in [1.807, 2.05) is 0 Å². The molecule has 0 spiro atoms. The number of hydrogen-bond acceptors (Lipinski definition) is 4. The first kappa shape index (κ1) is 13.0. The van der Waals surface area contributed by atoms with Crippen molar-refractivity contribution in [3.63, 3.8) is 0 Å². The van der Waals surface area contributed by atoms with Gasteiger partial charge in [0.2, 0.25) is 0 Å². The fraction of sp³-hybridized carbons (Fsp3) is 0.538. The minimum Gasteiger partial charge on any atom is -0.392 e. The van der Waals surface area contributed by atoms with E-state index >= 15 is 0 Å². The molecule has 0 aromatic heterocycles. The summed E-state index contributed by atoms with van der Waals surface area (Å²) in [6.45, 7) is 0.450. The fourth-order valence-corrected chi connectivity index (χ4v) is 2.78. The normalized spacial score (nSPS) is 27.3. The highest BCUT2D eigenvalue weighted by molar-refractivity contribution is 5.33. The van der Waals surface area contributed by atoms with Gasteiger partial charge in [-0.2, -0.15) is 0 Å². The van der Waals surface area contributed by atoms with Crippen LogP contribution in [0.5, 0.6) is 0 Å². The quantitative estimate of drug-likeness (QED) is 0.627. The summed E-state index contributed by atoms with van der Waals surface area (Å²) < 4.78 is 0. The van der Waals surface area contributed by atoms with Crippen molar-refractivity contribution in [1.82, 2.24) is 0 Å². The maximum atomic E-state index is 10.6. The third-order valence-electron chi connectivity index (χ3n) is 3.97. The van der Waals surface area contributed by atoms with Crippen LogP contribution in [0.3, 0.4) is 0 Å². The Morgan fingerprint density at radius 2 is 2.11 bits per heavy atom. The fourth-order valence-electron chi connectivity index (χ4n) is 2.78. The second-order valence-electron chi connectivity index (χ2n) is 5.07. The van der Waals surface area contributed by atoms with Gasteiger partial charge in [-0.3, -0.25) is 10.1 Å². The van der Waals surface area contributed by atoms with Gasteiger partial charge in [-0.05, 0) is 24.8 Å². The van der Waals surface area contributed by atoms with Crippen LogP contribution in [0.4, 0.5) is 5.69 Å². The minimum atomic E-state index is -0.410. The summed E-state index contributed by atoms with van der Waals surface area (Å²) in [6.07, 6.45) is 3.03. The van der Waals surface area contributed by atoms with Crippen LogP contribution < -0.4 is 5.73 Å². The third-order valence-corrected chi connectivity index (χ3v) is 3.97. The molecule has 1 aromatic carbocycles. The average molecular weight is 250 g/mol. The molecular weight excluding hydrogens is 232 g/mol. The number of nitro benzene ring substituents is 1. The molecule has 0 radical (unpaired) electrons. The van der Waals surface area contributed by atoms with Crippen LogP contribution >= 0.6 is 0 Å². The summed E-state index contributed by atoms with van der Waals surface area (Å²) in [5.74, 6) is 0. The van der Waals surface area contributed by atoms with E-state index in [4.69, 9.17) is 5.73 Å². The molecule has 3 N–H and O–H groups in total. The van der Waals surface area contributed by atoms with Crippen LogP contribution in [0, 0.1) is 15.5 Å². The van der Waals surface area contributed by atoms with Crippen molar-refractivity contribution < 1.29 is 10.0 Å². The summed E-state index contributed by atoms with van der Waals surface area (Å²) in [4.78, 5) is 10.2. The van der Waals surface area contributed by atoms with Crippen LogP contribution in [0.1, 0.15) is 24.8 Å². The SMILES string of the molecule is NCC1(Cc2ccc([N+](=O)[O-])cc2)CCCC1O. The van der Waals surface area contributed by atoms with Gasteiger partial charge in [0.15, 0.2) is 0 Å². The first-order chi connectivity index (χ1) is 8.57. The van der Waals surface area contributed by atoms with Crippen LogP contribution in [0.15, 0.2) is 24.3 Å². The van der Waals surface area contributed by atoms with E-state index in [9.17, 15) is 15.2 Å². The maximum absolute atomic E-state index is 10.6. The van der Waals surface area contributed by atoms with E-state index in [2.05, 4.69) is 0 Å². The summed E-state index contributed by atoms with van der Waals surface area (Å²) >= 11 is 0. The Balaban J connectivity index is 2.15. The molecule has 1 saturated carbocycles. The number of hydrogen-bond donors (Lipinski definition) is 2. The predicted octanol–water partition coefficient (Wildman–Crippen LogP) is 1.63. The molecule has 2 rings (SSSR count). The highest BCUT2D eigenvalue weighted by Gasteiger charge is 2.40. The van der Waals surface area contributed by atoms with E-state index < -0.39 is 4.92 Å². The molecule has 1 aliphatic rings. The van der Waals surface area contributed by atoms with Gasteiger partial charge >= 0.3 is 0 Å². The summed E-state index contributed by atoms with van der Waals surface area (Å²) in [7, 11) is 0. The van der Waals surface area contributed by atoms with E-state index in [1.165, 1.54) is 12.1 Å². The molecule has 1 aromatic rings. The van der Waals surface area contributed by atoms with Crippen LogP contribution in [0.25, 0.3) is 0 Å². The third kappa shape index (κ3) is 2.37. The van der Waals surface area contributed by atoms with E-state index in [-0.39, 0.29) is 17.2 Å². The van der Waals surface area contributed by atoms with Crippen molar-refractivity contribution in [3.05, 3.63) is 39.9 Å². The minimum absolute atomic E-state index is 0.0903. The highest BCUT2D eigenvalue weighted by Crippen LogP contribution is 2.40. The Bertz CT molecular complexity index is 432. The lowest BCUT2D eigenvalue weighted by molar-refractivity contribution is -0.384. The average Bonchev–Trinajstić information content (AvgIpc) is 2.72. The van der Waals surface area contributed by atoms with Gasteiger partial charge in [0, 0.05) is 24.1 Å². The van der Waals surface area contributed by atoms with Crippen molar-refractivity contribution in [2.75, 3.05) is 6.54 Å². The van der Waals surface area contributed by atoms with Gasteiger partial charge in [-0.15, -0.1) is 0 Å². The Hall–Kier alpha value is -1.46. The zero-order chi connectivity index (χ0) is 13.2. The van der Waals surface area contributed by atoms with Gasteiger partial charge in [0.05, 0.1) is 11.0 Å². The molecule has 98 valence electrons. The smallest absolute Gasteiger partial charge is 0.269 e. The number of benzene rings is 1. The molecular formula is C13H18N2O3. The molecule has 0 bridgehead atoms.